The first kappa shape index (κ1) is 12.3. The summed E-state index contributed by atoms with van der Waals surface area (Å²) in [4.78, 5) is 11.6. The van der Waals surface area contributed by atoms with E-state index in [1.165, 1.54) is 0 Å². The number of carbonyl (C=O) groups is 1. The number of ether oxygens (including phenoxy) is 3. The van der Waals surface area contributed by atoms with Gasteiger partial charge in [-0.1, -0.05) is 24.3 Å². The van der Waals surface area contributed by atoms with E-state index in [2.05, 4.69) is 5.32 Å². The maximum absolute atomic E-state index is 11.6. The Morgan fingerprint density at radius 1 is 1.10 bits per heavy atom. The molecule has 2 aromatic carbocycles. The van der Waals surface area contributed by atoms with E-state index in [1.807, 2.05) is 24.3 Å². The van der Waals surface area contributed by atoms with E-state index in [-0.39, 0.29) is 6.79 Å². The van der Waals surface area contributed by atoms with Crippen LogP contribution >= 0.6 is 0 Å². The lowest BCUT2D eigenvalue weighted by Gasteiger charge is -2.07. The Hall–Kier alpha value is -2.69. The molecule has 0 radical (unpaired) electrons. The zero-order chi connectivity index (χ0) is 13.8. The van der Waals surface area contributed by atoms with Gasteiger partial charge >= 0.3 is 6.09 Å². The van der Waals surface area contributed by atoms with Crippen LogP contribution in [0.4, 0.5) is 4.79 Å². The Morgan fingerprint density at radius 2 is 1.90 bits per heavy atom. The minimum absolute atomic E-state index is 0.238. The standard InChI is InChI=1S/C15H13NO4/c17-15(20-12-4-2-1-3-5-12)16-9-11-6-7-13-14(8-11)19-10-18-13/h1-8H,9-10H2,(H,16,17). The third kappa shape index (κ3) is 2.83. The Balaban J connectivity index is 1.55. The van der Waals surface area contributed by atoms with E-state index in [4.69, 9.17) is 14.2 Å². The number of fused-ring (bicyclic) bond motifs is 1. The third-order valence-electron chi connectivity index (χ3n) is 2.83. The molecule has 0 saturated carbocycles. The zero-order valence-electron chi connectivity index (χ0n) is 10.7. The van der Waals surface area contributed by atoms with Crippen LogP contribution in [-0.2, 0) is 6.54 Å². The van der Waals surface area contributed by atoms with Crippen molar-refractivity contribution in [1.29, 1.82) is 0 Å². The fraction of sp³-hybridized carbons (Fsp3) is 0.133. The number of carbonyl (C=O) groups excluding carboxylic acids is 1. The summed E-state index contributed by atoms with van der Waals surface area (Å²) >= 11 is 0. The molecule has 0 aliphatic carbocycles. The second-order valence-corrected chi connectivity index (χ2v) is 4.24. The van der Waals surface area contributed by atoms with Crippen molar-refractivity contribution >= 4 is 6.09 Å². The van der Waals surface area contributed by atoms with Gasteiger partial charge in [-0.2, -0.15) is 0 Å². The van der Waals surface area contributed by atoms with Crippen molar-refractivity contribution in [1.82, 2.24) is 5.32 Å². The topological polar surface area (TPSA) is 56.8 Å². The molecule has 2 aromatic rings. The summed E-state index contributed by atoms with van der Waals surface area (Å²) in [7, 11) is 0. The minimum atomic E-state index is -0.492. The van der Waals surface area contributed by atoms with Crippen LogP contribution in [-0.4, -0.2) is 12.9 Å². The van der Waals surface area contributed by atoms with Gasteiger partial charge in [-0.3, -0.25) is 0 Å². The van der Waals surface area contributed by atoms with Gasteiger partial charge in [-0.05, 0) is 29.8 Å². The summed E-state index contributed by atoms with van der Waals surface area (Å²) in [5.41, 5.74) is 0.916. The van der Waals surface area contributed by atoms with Crippen molar-refractivity contribution in [2.45, 2.75) is 6.54 Å². The van der Waals surface area contributed by atoms with Crippen LogP contribution < -0.4 is 19.5 Å². The maximum atomic E-state index is 11.6. The van der Waals surface area contributed by atoms with Crippen molar-refractivity contribution < 1.29 is 19.0 Å². The van der Waals surface area contributed by atoms with E-state index in [1.54, 1.807) is 24.3 Å². The summed E-state index contributed by atoms with van der Waals surface area (Å²) in [6, 6.07) is 14.4. The highest BCUT2D eigenvalue weighted by atomic mass is 16.7. The molecular formula is C15H13NO4. The number of amides is 1. The molecule has 0 unspecified atom stereocenters. The van der Waals surface area contributed by atoms with Crippen LogP contribution in [0.5, 0.6) is 17.2 Å². The van der Waals surface area contributed by atoms with Gasteiger partial charge < -0.3 is 19.5 Å². The van der Waals surface area contributed by atoms with Crippen LogP contribution in [0.3, 0.4) is 0 Å². The van der Waals surface area contributed by atoms with E-state index < -0.39 is 6.09 Å². The van der Waals surface area contributed by atoms with Gasteiger partial charge in [0.25, 0.3) is 0 Å². The summed E-state index contributed by atoms with van der Waals surface area (Å²) in [6.45, 7) is 0.602. The second kappa shape index (κ2) is 5.52. The molecule has 5 heteroatoms. The largest absolute Gasteiger partial charge is 0.454 e. The second-order valence-electron chi connectivity index (χ2n) is 4.24. The highest BCUT2D eigenvalue weighted by Crippen LogP contribution is 2.32. The van der Waals surface area contributed by atoms with E-state index in [9.17, 15) is 4.79 Å². The highest BCUT2D eigenvalue weighted by Gasteiger charge is 2.13. The molecule has 5 nitrogen and oxygen atoms in total. The van der Waals surface area contributed by atoms with Crippen molar-refractivity contribution in [3.05, 3.63) is 54.1 Å². The van der Waals surface area contributed by atoms with E-state index in [0.29, 0.717) is 18.0 Å². The molecule has 1 heterocycles. The summed E-state index contributed by atoms with van der Waals surface area (Å²) < 4.78 is 15.6. The summed E-state index contributed by atoms with van der Waals surface area (Å²) in [5.74, 6) is 1.93. The van der Waals surface area contributed by atoms with Gasteiger partial charge in [0, 0.05) is 6.54 Å². The van der Waals surface area contributed by atoms with Gasteiger partial charge in [0.1, 0.15) is 5.75 Å². The number of nitrogens with one attached hydrogen (secondary N) is 1. The SMILES string of the molecule is O=C(NCc1ccc2c(c1)OCO2)Oc1ccccc1. The number of hydrogen-bond donors (Lipinski definition) is 1. The Morgan fingerprint density at radius 3 is 2.75 bits per heavy atom. The monoisotopic (exact) mass is 271 g/mol. The number of para-hydroxylation sites is 1. The molecule has 0 aromatic heterocycles. The highest BCUT2D eigenvalue weighted by molar-refractivity contribution is 5.70. The predicted molar refractivity (Wildman–Crippen MR) is 71.9 cm³/mol. The van der Waals surface area contributed by atoms with Gasteiger partial charge in [0.2, 0.25) is 6.79 Å². The maximum Gasteiger partial charge on any atom is 0.412 e. The summed E-state index contributed by atoms with van der Waals surface area (Å²) in [6.07, 6.45) is -0.492. The van der Waals surface area contributed by atoms with Crippen LogP contribution in [0.1, 0.15) is 5.56 Å². The van der Waals surface area contributed by atoms with Crippen molar-refractivity contribution in [3.63, 3.8) is 0 Å². The van der Waals surface area contributed by atoms with Crippen molar-refractivity contribution in [2.24, 2.45) is 0 Å². The molecule has 0 saturated heterocycles. The van der Waals surface area contributed by atoms with E-state index >= 15 is 0 Å². The van der Waals surface area contributed by atoms with Crippen LogP contribution in [0.25, 0.3) is 0 Å². The fourth-order valence-electron chi connectivity index (χ4n) is 1.86. The van der Waals surface area contributed by atoms with Crippen LogP contribution in [0, 0.1) is 0 Å². The smallest absolute Gasteiger partial charge is 0.412 e. The molecule has 0 spiro atoms. The van der Waals surface area contributed by atoms with Gasteiger partial charge in [0.05, 0.1) is 0 Å². The molecule has 102 valence electrons. The normalized spacial score (nSPS) is 12.0. The Labute approximate surface area is 116 Å². The van der Waals surface area contributed by atoms with Crippen molar-refractivity contribution in [2.75, 3.05) is 6.79 Å². The molecule has 1 aliphatic heterocycles. The first-order valence-electron chi connectivity index (χ1n) is 6.20. The molecule has 20 heavy (non-hydrogen) atoms. The van der Waals surface area contributed by atoms with Gasteiger partial charge in [-0.25, -0.2) is 4.79 Å². The first-order chi connectivity index (χ1) is 9.81. The summed E-state index contributed by atoms with van der Waals surface area (Å²) in [5, 5.41) is 2.68. The number of hydrogen-bond acceptors (Lipinski definition) is 4. The lowest BCUT2D eigenvalue weighted by atomic mass is 10.2. The average molecular weight is 271 g/mol. The van der Waals surface area contributed by atoms with E-state index in [0.717, 1.165) is 11.3 Å². The molecular weight excluding hydrogens is 258 g/mol. The quantitative estimate of drug-likeness (QED) is 0.932. The molecule has 0 atom stereocenters. The Bertz CT molecular complexity index is 613. The van der Waals surface area contributed by atoms with Gasteiger partial charge in [-0.15, -0.1) is 0 Å². The van der Waals surface area contributed by atoms with Gasteiger partial charge in [0.15, 0.2) is 11.5 Å². The minimum Gasteiger partial charge on any atom is -0.454 e. The number of rotatable bonds is 3. The Kier molecular flexibility index (Phi) is 3.41. The molecule has 1 N–H and O–H groups in total. The van der Waals surface area contributed by atoms with Crippen molar-refractivity contribution in [3.8, 4) is 17.2 Å². The molecule has 3 rings (SSSR count). The van der Waals surface area contributed by atoms with Crippen LogP contribution in [0.15, 0.2) is 48.5 Å². The molecule has 0 fully saturated rings. The predicted octanol–water partition coefficient (Wildman–Crippen LogP) is 2.70. The molecule has 1 amide bonds. The molecule has 1 aliphatic rings. The number of benzene rings is 2. The third-order valence-corrected chi connectivity index (χ3v) is 2.83. The van der Waals surface area contributed by atoms with Crippen LogP contribution in [0.2, 0.25) is 0 Å². The average Bonchev–Trinajstić information content (AvgIpc) is 2.93. The molecule has 0 bridgehead atoms. The lowest BCUT2D eigenvalue weighted by Crippen LogP contribution is -2.26. The fourth-order valence-corrected chi connectivity index (χ4v) is 1.86. The first-order valence-corrected chi connectivity index (χ1v) is 6.20. The lowest BCUT2D eigenvalue weighted by molar-refractivity contribution is 0.174. The zero-order valence-corrected chi connectivity index (χ0v) is 10.7.